The summed E-state index contributed by atoms with van der Waals surface area (Å²) < 4.78 is 45.6. The molecule has 0 bridgehead atoms. The van der Waals surface area contributed by atoms with Crippen LogP contribution in [0, 0.1) is 0 Å². The number of ether oxygens (including phenoxy) is 1. The maximum atomic E-state index is 13.8. The van der Waals surface area contributed by atoms with Gasteiger partial charge in [0.05, 0.1) is 12.7 Å². The molecular weight excluding hydrogens is 501 g/mol. The molecule has 1 saturated carbocycles. The highest BCUT2D eigenvalue weighted by Gasteiger charge is 2.37. The van der Waals surface area contributed by atoms with Crippen molar-refractivity contribution in [1.29, 1.82) is 0 Å². The largest absolute Gasteiger partial charge is 0.497 e. The number of halogens is 3. The Morgan fingerprint density at radius 1 is 0.872 bits per heavy atom. The molecule has 7 heteroatoms. The van der Waals surface area contributed by atoms with Gasteiger partial charge in [0.25, 0.3) is 5.91 Å². The van der Waals surface area contributed by atoms with Crippen LogP contribution in [0.15, 0.2) is 78.9 Å². The van der Waals surface area contributed by atoms with E-state index in [0.29, 0.717) is 23.4 Å². The summed E-state index contributed by atoms with van der Waals surface area (Å²) in [5.41, 5.74) is 1.28. The summed E-state index contributed by atoms with van der Waals surface area (Å²) in [7, 11) is 1.57. The van der Waals surface area contributed by atoms with Gasteiger partial charge in [-0.15, -0.1) is 0 Å². The number of alkyl halides is 3. The van der Waals surface area contributed by atoms with Crippen LogP contribution in [0.25, 0.3) is 0 Å². The van der Waals surface area contributed by atoms with E-state index in [1.165, 1.54) is 37.0 Å². The smallest absolute Gasteiger partial charge is 0.416 e. The SMILES string of the molecule is COc1ccc(N(C(=O)c2cccc(C(F)(F)F)c2)C2CCN([C@@H]3CCCC[C@@H]3c3ccccc3)CC2)cc1. The molecule has 3 aromatic rings. The molecule has 2 aliphatic rings. The third-order valence-corrected chi connectivity index (χ3v) is 8.30. The quantitative estimate of drug-likeness (QED) is 0.326. The van der Waals surface area contributed by atoms with Crippen molar-refractivity contribution in [3.8, 4) is 5.75 Å². The van der Waals surface area contributed by atoms with E-state index in [4.69, 9.17) is 4.74 Å². The highest BCUT2D eigenvalue weighted by atomic mass is 19.4. The molecule has 206 valence electrons. The molecule has 0 aromatic heterocycles. The Balaban J connectivity index is 1.38. The van der Waals surface area contributed by atoms with Crippen LogP contribution in [-0.2, 0) is 6.18 Å². The summed E-state index contributed by atoms with van der Waals surface area (Å²) in [6, 6.07) is 23.0. The topological polar surface area (TPSA) is 32.8 Å². The summed E-state index contributed by atoms with van der Waals surface area (Å²) in [5.74, 6) is 0.745. The van der Waals surface area contributed by atoms with Crippen molar-refractivity contribution in [2.45, 2.75) is 62.7 Å². The number of piperidine rings is 1. The second-order valence-corrected chi connectivity index (χ2v) is 10.6. The van der Waals surface area contributed by atoms with E-state index in [1.807, 2.05) is 12.1 Å². The summed E-state index contributed by atoms with van der Waals surface area (Å²) in [6.07, 6.45) is 1.81. The Kier molecular flexibility index (Phi) is 8.26. The molecule has 1 amide bonds. The number of carbonyl (C=O) groups excluding carboxylic acids is 1. The molecule has 0 radical (unpaired) electrons. The van der Waals surface area contributed by atoms with Crippen LogP contribution >= 0.6 is 0 Å². The lowest BCUT2D eigenvalue weighted by Crippen LogP contribution is -2.51. The second-order valence-electron chi connectivity index (χ2n) is 10.6. The predicted octanol–water partition coefficient (Wildman–Crippen LogP) is 7.55. The number of amides is 1. The Morgan fingerprint density at radius 3 is 2.23 bits per heavy atom. The van der Waals surface area contributed by atoms with Crippen molar-refractivity contribution in [3.63, 3.8) is 0 Å². The first kappa shape index (κ1) is 27.3. The molecule has 0 spiro atoms. The normalized spacial score (nSPS) is 20.9. The van der Waals surface area contributed by atoms with Gasteiger partial charge in [-0.05, 0) is 79.6 Å². The first-order chi connectivity index (χ1) is 18.8. The van der Waals surface area contributed by atoms with Gasteiger partial charge >= 0.3 is 6.18 Å². The van der Waals surface area contributed by atoms with Gasteiger partial charge in [-0.1, -0.05) is 49.2 Å². The van der Waals surface area contributed by atoms with Crippen molar-refractivity contribution in [3.05, 3.63) is 95.6 Å². The molecule has 0 N–H and O–H groups in total. The van der Waals surface area contributed by atoms with Gasteiger partial charge in [0.2, 0.25) is 0 Å². The minimum Gasteiger partial charge on any atom is -0.497 e. The van der Waals surface area contributed by atoms with E-state index >= 15 is 0 Å². The van der Waals surface area contributed by atoms with Crippen LogP contribution in [0.2, 0.25) is 0 Å². The highest BCUT2D eigenvalue weighted by Crippen LogP contribution is 2.38. The summed E-state index contributed by atoms with van der Waals surface area (Å²) in [5, 5.41) is 0. The summed E-state index contributed by atoms with van der Waals surface area (Å²) in [6.45, 7) is 1.70. The third-order valence-electron chi connectivity index (χ3n) is 8.30. The number of rotatable bonds is 6. The molecule has 1 aliphatic heterocycles. The molecule has 2 fully saturated rings. The lowest BCUT2D eigenvalue weighted by molar-refractivity contribution is -0.137. The van der Waals surface area contributed by atoms with Gasteiger partial charge < -0.3 is 9.64 Å². The molecule has 39 heavy (non-hydrogen) atoms. The second kappa shape index (κ2) is 11.8. The number of carbonyl (C=O) groups is 1. The average Bonchev–Trinajstić information content (AvgIpc) is 2.98. The number of hydrogen-bond acceptors (Lipinski definition) is 3. The monoisotopic (exact) mass is 536 g/mol. The third kappa shape index (κ3) is 6.14. The molecular formula is C32H35F3N2O2. The Hall–Kier alpha value is -3.32. The van der Waals surface area contributed by atoms with E-state index in [9.17, 15) is 18.0 Å². The molecule has 1 saturated heterocycles. The molecule has 1 aliphatic carbocycles. The number of anilines is 1. The molecule has 0 unspecified atom stereocenters. The van der Waals surface area contributed by atoms with Crippen LogP contribution in [0.3, 0.4) is 0 Å². The fourth-order valence-electron chi connectivity index (χ4n) is 6.32. The van der Waals surface area contributed by atoms with Crippen molar-refractivity contribution in [1.82, 2.24) is 4.90 Å². The highest BCUT2D eigenvalue weighted by molar-refractivity contribution is 6.06. The van der Waals surface area contributed by atoms with Gasteiger partial charge in [0.15, 0.2) is 0 Å². The van der Waals surface area contributed by atoms with E-state index in [1.54, 1.807) is 24.1 Å². The lowest BCUT2D eigenvalue weighted by Gasteiger charge is -2.45. The average molecular weight is 537 g/mol. The zero-order valence-electron chi connectivity index (χ0n) is 22.2. The molecule has 1 heterocycles. The Bertz CT molecular complexity index is 1240. The van der Waals surface area contributed by atoms with E-state index < -0.39 is 17.6 Å². The zero-order chi connectivity index (χ0) is 27.4. The van der Waals surface area contributed by atoms with Crippen molar-refractivity contribution < 1.29 is 22.7 Å². The summed E-state index contributed by atoms with van der Waals surface area (Å²) in [4.78, 5) is 18.1. The molecule has 2 atom stereocenters. The van der Waals surface area contributed by atoms with Crippen LogP contribution in [0.5, 0.6) is 5.75 Å². The van der Waals surface area contributed by atoms with Gasteiger partial charge in [0, 0.05) is 36.4 Å². The maximum absolute atomic E-state index is 13.8. The van der Waals surface area contributed by atoms with Crippen LogP contribution < -0.4 is 9.64 Å². The standard InChI is InChI=1S/C32H35F3N2O2/c1-39-28-16-14-26(15-17-28)37(31(38)24-10-7-11-25(22-24)32(33,34)35)27-18-20-36(21-19-27)30-13-6-5-12-29(30)23-8-3-2-4-9-23/h2-4,7-11,14-17,22,27,29-30H,5-6,12-13,18-21H2,1H3/t29-,30-/m1/s1. The first-order valence-electron chi connectivity index (χ1n) is 13.8. The predicted molar refractivity (Wildman–Crippen MR) is 147 cm³/mol. The molecule has 5 rings (SSSR count). The van der Waals surface area contributed by atoms with Crippen LogP contribution in [0.1, 0.15) is 65.9 Å². The summed E-state index contributed by atoms with van der Waals surface area (Å²) >= 11 is 0. The number of benzene rings is 3. The van der Waals surface area contributed by atoms with E-state index in [0.717, 1.165) is 44.5 Å². The molecule has 3 aromatic carbocycles. The fourth-order valence-corrected chi connectivity index (χ4v) is 6.32. The van der Waals surface area contributed by atoms with E-state index in [-0.39, 0.29) is 11.6 Å². The number of likely N-dealkylation sites (tertiary alicyclic amines) is 1. The zero-order valence-corrected chi connectivity index (χ0v) is 22.2. The van der Waals surface area contributed by atoms with E-state index in [2.05, 4.69) is 35.2 Å². The van der Waals surface area contributed by atoms with Gasteiger partial charge in [-0.25, -0.2) is 0 Å². The number of nitrogens with zero attached hydrogens (tertiary/aromatic N) is 2. The fraction of sp³-hybridized carbons (Fsp3) is 0.406. The van der Waals surface area contributed by atoms with Crippen LogP contribution in [0.4, 0.5) is 18.9 Å². The van der Waals surface area contributed by atoms with Crippen LogP contribution in [-0.4, -0.2) is 43.1 Å². The van der Waals surface area contributed by atoms with Crippen molar-refractivity contribution in [2.75, 3.05) is 25.1 Å². The van der Waals surface area contributed by atoms with Gasteiger partial charge in [-0.3, -0.25) is 9.69 Å². The molecule has 4 nitrogen and oxygen atoms in total. The van der Waals surface area contributed by atoms with Gasteiger partial charge in [0.1, 0.15) is 5.75 Å². The Labute approximate surface area is 228 Å². The Morgan fingerprint density at radius 2 is 1.56 bits per heavy atom. The minimum absolute atomic E-state index is 0.0412. The van der Waals surface area contributed by atoms with Crippen molar-refractivity contribution in [2.24, 2.45) is 0 Å². The first-order valence-corrected chi connectivity index (χ1v) is 13.8. The van der Waals surface area contributed by atoms with Gasteiger partial charge in [-0.2, -0.15) is 13.2 Å². The number of methoxy groups -OCH3 is 1. The lowest BCUT2D eigenvalue weighted by atomic mass is 9.78. The maximum Gasteiger partial charge on any atom is 0.416 e. The minimum atomic E-state index is -4.51. The number of hydrogen-bond donors (Lipinski definition) is 0. The van der Waals surface area contributed by atoms with Crippen molar-refractivity contribution >= 4 is 11.6 Å².